The standard InChI is InChI=1S/C57H90N2O15/c1-34-18-14-13-15-19-35(2)47(69-10)30-43-23-21-39(6)57(68,73-43)51(64)52(65)59-25-17-16-20-44(59)53(66)74-56(58,31-45(62)37(4)27-36(3)41(8)50(71-12)49(63)38(5)26-34)40(7)28-42-22-24-46(48(29-42)70-11)72-54(67)55(9,32-60)33-61/h13-15,18-19,27,34,37-44,46-48,50,60-61,68H,16-17,20-26,28-33,58H2,1-12H3/b15-13+,18-14+,35-19+,36-27+/t34-,37-,38-,39-,40-,41-,42+,43+,44+,46-,47+,48-,50-,56+,57-/m1/s1. The monoisotopic (exact) mass is 1040 g/mol. The maximum Gasteiger partial charge on any atom is 0.330 e. The summed E-state index contributed by atoms with van der Waals surface area (Å²) in [5.41, 5.74) is 5.42. The zero-order chi connectivity index (χ0) is 55.3. The van der Waals surface area contributed by atoms with Gasteiger partial charge in [0, 0.05) is 63.9 Å². The summed E-state index contributed by atoms with van der Waals surface area (Å²) in [6.45, 7) is 15.0. The van der Waals surface area contributed by atoms with E-state index in [1.54, 1.807) is 34.0 Å². The molecule has 0 radical (unpaired) electrons. The quantitative estimate of drug-likeness (QED) is 0.107. The van der Waals surface area contributed by atoms with Crippen molar-refractivity contribution in [3.63, 3.8) is 0 Å². The van der Waals surface area contributed by atoms with Crippen LogP contribution in [0.5, 0.6) is 0 Å². The third-order valence-electron chi connectivity index (χ3n) is 16.6. The van der Waals surface area contributed by atoms with Gasteiger partial charge in [-0.3, -0.25) is 29.7 Å². The Morgan fingerprint density at radius 2 is 1.55 bits per heavy atom. The summed E-state index contributed by atoms with van der Waals surface area (Å²) in [5.74, 6) is -9.75. The highest BCUT2D eigenvalue weighted by molar-refractivity contribution is 6.39. The second-order valence-corrected chi connectivity index (χ2v) is 22.5. The van der Waals surface area contributed by atoms with E-state index in [1.807, 2.05) is 65.0 Å². The van der Waals surface area contributed by atoms with Gasteiger partial charge in [0.05, 0.1) is 37.9 Å². The number of rotatable bonds is 10. The van der Waals surface area contributed by atoms with Crippen LogP contribution >= 0.6 is 0 Å². The number of hydrogen-bond acceptors (Lipinski definition) is 16. The number of aliphatic hydroxyl groups excluding tert-OH is 2. The molecule has 74 heavy (non-hydrogen) atoms. The largest absolute Gasteiger partial charge is 0.459 e. The Morgan fingerprint density at radius 1 is 0.865 bits per heavy atom. The Balaban J connectivity index is 1.73. The predicted molar refractivity (Wildman–Crippen MR) is 278 cm³/mol. The highest BCUT2D eigenvalue weighted by Crippen LogP contribution is 2.40. The van der Waals surface area contributed by atoms with Gasteiger partial charge in [-0.1, -0.05) is 83.6 Å². The first-order valence-corrected chi connectivity index (χ1v) is 26.9. The number of ether oxygens (including phenoxy) is 6. The third-order valence-corrected chi connectivity index (χ3v) is 16.6. The van der Waals surface area contributed by atoms with Crippen molar-refractivity contribution in [2.75, 3.05) is 41.1 Å². The molecular formula is C57H90N2O15. The number of fused-ring (bicyclic) bond motifs is 3. The van der Waals surface area contributed by atoms with Gasteiger partial charge in [0.15, 0.2) is 11.5 Å². The number of allylic oxidation sites excluding steroid dienone is 6. The number of carbonyl (C=O) groups excluding carboxylic acids is 6. The number of carbonyl (C=O) groups is 6. The average Bonchev–Trinajstić information content (AvgIpc) is 3.37. The summed E-state index contributed by atoms with van der Waals surface area (Å²) in [6.07, 6.45) is 12.5. The first-order valence-electron chi connectivity index (χ1n) is 26.9. The molecule has 0 aromatic rings. The van der Waals surface area contributed by atoms with E-state index < -0.39 is 120 Å². The van der Waals surface area contributed by atoms with Gasteiger partial charge < -0.3 is 48.6 Å². The van der Waals surface area contributed by atoms with Gasteiger partial charge in [-0.05, 0) is 102 Å². The van der Waals surface area contributed by atoms with Gasteiger partial charge in [-0.2, -0.15) is 0 Å². The minimum atomic E-state index is -2.48. The molecule has 0 aromatic carbocycles. The Bertz CT molecular complexity index is 2060. The minimum absolute atomic E-state index is 0.0205. The minimum Gasteiger partial charge on any atom is -0.459 e. The Labute approximate surface area is 440 Å². The SMILES string of the molecule is CO[C@H]1C[C@@H]2CC[C@@H](C)[C@@](O)(O2)C(=O)C(=O)N2CCCC[C@H]2C(=O)O[C@](N)([C@H](C)C[C@@H]2CC[C@@H](OC(=O)C(C)(CO)CO)[C@H](OC)C2)CC(=O)[C@H](C)/C=C(\C)[C@@H](C)[C@@H](OC)C(=O)[C@H](C)C[C@H](C)/C=C/C=C/C=C/1C. The summed E-state index contributed by atoms with van der Waals surface area (Å²) < 4.78 is 35.8. The number of nitrogens with two attached hydrogens (primary N) is 1. The number of methoxy groups -OCH3 is 3. The fraction of sp³-hybridized carbons (Fsp3) is 0.754. The maximum absolute atomic E-state index is 14.7. The second-order valence-electron chi connectivity index (χ2n) is 22.5. The van der Waals surface area contributed by atoms with Crippen LogP contribution in [0.4, 0.5) is 0 Å². The number of esters is 2. The van der Waals surface area contributed by atoms with E-state index in [-0.39, 0.29) is 42.3 Å². The van der Waals surface area contributed by atoms with Crippen LogP contribution in [0.3, 0.4) is 0 Å². The number of Topliss-reactive ketones (excluding diaryl/α,β-unsaturated/α-hetero) is 3. The molecule has 2 bridgehead atoms. The fourth-order valence-corrected chi connectivity index (χ4v) is 11.0. The molecule has 1 saturated carbocycles. The zero-order valence-electron chi connectivity index (χ0n) is 46.3. The van der Waals surface area contributed by atoms with Gasteiger partial charge in [0.25, 0.3) is 11.7 Å². The first kappa shape index (κ1) is 62.6. The molecule has 0 unspecified atom stereocenters. The first-order chi connectivity index (χ1) is 34.8. The van der Waals surface area contributed by atoms with Crippen LogP contribution in [0.25, 0.3) is 0 Å². The van der Waals surface area contributed by atoms with E-state index in [0.717, 1.165) is 16.0 Å². The highest BCUT2D eigenvalue weighted by atomic mass is 16.6. The summed E-state index contributed by atoms with van der Waals surface area (Å²) >= 11 is 0. The molecule has 5 N–H and O–H groups in total. The molecule has 1 amide bonds. The Morgan fingerprint density at radius 3 is 2.19 bits per heavy atom. The topological polar surface area (TPSA) is 248 Å². The Kier molecular flexibility index (Phi) is 23.6. The van der Waals surface area contributed by atoms with Crippen molar-refractivity contribution in [2.45, 2.75) is 187 Å². The lowest BCUT2D eigenvalue weighted by Gasteiger charge is -2.43. The van der Waals surface area contributed by atoms with E-state index in [4.69, 9.17) is 34.2 Å². The van der Waals surface area contributed by atoms with Crippen LogP contribution in [-0.2, 0) is 57.2 Å². The number of nitrogens with zero attached hydrogens (tertiary/aromatic N) is 1. The van der Waals surface area contributed by atoms with E-state index in [9.17, 15) is 44.1 Å². The Hall–Kier alpha value is -3.94. The molecule has 3 fully saturated rings. The van der Waals surface area contributed by atoms with Gasteiger partial charge in [0.2, 0.25) is 5.79 Å². The predicted octanol–water partition coefficient (Wildman–Crippen LogP) is 6.28. The van der Waals surface area contributed by atoms with E-state index in [1.165, 1.54) is 21.1 Å². The summed E-state index contributed by atoms with van der Waals surface area (Å²) in [5, 5.41) is 31.6. The average molecular weight is 1040 g/mol. The summed E-state index contributed by atoms with van der Waals surface area (Å²) in [6, 6.07) is -1.27. The van der Waals surface area contributed by atoms with Crippen LogP contribution in [-0.4, -0.2) is 145 Å². The second kappa shape index (κ2) is 27.9. The van der Waals surface area contributed by atoms with Crippen LogP contribution < -0.4 is 5.73 Å². The van der Waals surface area contributed by atoms with Crippen molar-refractivity contribution >= 4 is 35.2 Å². The molecule has 0 spiro atoms. The number of amides is 1. The lowest BCUT2D eigenvalue weighted by atomic mass is 9.76. The van der Waals surface area contributed by atoms with Gasteiger partial charge in [-0.15, -0.1) is 0 Å². The van der Waals surface area contributed by atoms with Crippen molar-refractivity contribution in [3.8, 4) is 0 Å². The molecule has 17 nitrogen and oxygen atoms in total. The molecule has 418 valence electrons. The summed E-state index contributed by atoms with van der Waals surface area (Å²) in [4.78, 5) is 86.1. The molecular weight excluding hydrogens is 953 g/mol. The van der Waals surface area contributed by atoms with E-state index in [0.29, 0.717) is 64.2 Å². The van der Waals surface area contributed by atoms with E-state index in [2.05, 4.69) is 0 Å². The molecule has 17 heteroatoms. The molecule has 15 atom stereocenters. The maximum atomic E-state index is 14.7. The normalized spacial score (nSPS) is 38.1. The number of piperidine rings is 1. The smallest absolute Gasteiger partial charge is 0.330 e. The lowest BCUT2D eigenvalue weighted by Crippen LogP contribution is -2.62. The van der Waals surface area contributed by atoms with Crippen molar-refractivity contribution in [1.29, 1.82) is 0 Å². The fourth-order valence-electron chi connectivity index (χ4n) is 11.0. The lowest BCUT2D eigenvalue weighted by molar-refractivity contribution is -0.265. The van der Waals surface area contributed by atoms with Crippen molar-refractivity contribution < 1.29 is 72.5 Å². The molecule has 4 aliphatic rings. The molecule has 4 rings (SSSR count). The van der Waals surface area contributed by atoms with Crippen LogP contribution in [0.15, 0.2) is 47.6 Å². The van der Waals surface area contributed by atoms with Crippen LogP contribution in [0.2, 0.25) is 0 Å². The molecule has 0 aromatic heterocycles. The molecule has 3 aliphatic heterocycles. The van der Waals surface area contributed by atoms with Gasteiger partial charge in [0.1, 0.15) is 29.4 Å². The van der Waals surface area contributed by atoms with E-state index >= 15 is 0 Å². The zero-order valence-corrected chi connectivity index (χ0v) is 46.3. The van der Waals surface area contributed by atoms with Gasteiger partial charge >= 0.3 is 11.9 Å². The molecule has 1 aliphatic carbocycles. The van der Waals surface area contributed by atoms with Crippen LogP contribution in [0.1, 0.15) is 139 Å². The number of hydrogen-bond donors (Lipinski definition) is 4. The highest BCUT2D eigenvalue weighted by Gasteiger charge is 2.54. The van der Waals surface area contributed by atoms with Crippen LogP contribution in [0, 0.1) is 46.8 Å². The van der Waals surface area contributed by atoms with Crippen molar-refractivity contribution in [3.05, 3.63) is 47.6 Å². The van der Waals surface area contributed by atoms with Crippen molar-refractivity contribution in [1.82, 2.24) is 4.90 Å². The number of cyclic esters (lactones) is 1. The number of ketones is 3. The molecule has 3 heterocycles. The number of aliphatic hydroxyl groups is 3. The summed E-state index contributed by atoms with van der Waals surface area (Å²) in [7, 11) is 4.57. The van der Waals surface area contributed by atoms with Crippen molar-refractivity contribution in [2.24, 2.45) is 52.6 Å². The molecule has 2 saturated heterocycles. The third kappa shape index (κ3) is 15.6. The van der Waals surface area contributed by atoms with Gasteiger partial charge in [-0.25, -0.2) is 4.79 Å².